The molecule has 0 aliphatic carbocycles. The number of rotatable bonds is 12. The average Bonchev–Trinajstić information content (AvgIpc) is 3.26. The van der Waals surface area contributed by atoms with Crippen LogP contribution in [0.3, 0.4) is 0 Å². The largest absolute Gasteiger partial charge is 0.494 e. The van der Waals surface area contributed by atoms with Crippen LogP contribution in [0.15, 0.2) is 54.7 Å². The number of fused-ring (bicyclic) bond motifs is 3. The lowest BCUT2D eigenvalue weighted by molar-refractivity contribution is 0.249. The van der Waals surface area contributed by atoms with E-state index in [0.29, 0.717) is 0 Å². The minimum atomic E-state index is 0.0197. The molecule has 4 rings (SSSR count). The summed E-state index contributed by atoms with van der Waals surface area (Å²) in [7, 11) is 0. The lowest BCUT2D eigenvalue weighted by Crippen LogP contribution is -2.25. The standard InChI is InChI=1S/C29H38N4O/c1-4-7-9-26(30)24-16-17-31-29-28(24)25-20-22(12-15-27(25)32-29)21-10-13-23(14-11-21)34-19-8-18-33(5-2)6-3/h10-17,20,26H,4-9,18-19,30H2,1-3H3,(H,31,32). The molecule has 0 radical (unpaired) electrons. The van der Waals surface area contributed by atoms with E-state index in [2.05, 4.69) is 84.2 Å². The topological polar surface area (TPSA) is 67.2 Å². The summed E-state index contributed by atoms with van der Waals surface area (Å²) in [6.07, 6.45) is 6.16. The number of aromatic nitrogens is 2. The quantitative estimate of drug-likeness (QED) is 0.232. The maximum Gasteiger partial charge on any atom is 0.138 e. The van der Waals surface area contributed by atoms with Gasteiger partial charge in [0.25, 0.3) is 0 Å². The van der Waals surface area contributed by atoms with Crippen LogP contribution in [0.5, 0.6) is 5.75 Å². The van der Waals surface area contributed by atoms with Gasteiger partial charge in [0.1, 0.15) is 11.4 Å². The molecule has 0 saturated heterocycles. The Morgan fingerprint density at radius 3 is 2.47 bits per heavy atom. The molecular weight excluding hydrogens is 420 g/mol. The van der Waals surface area contributed by atoms with E-state index in [9.17, 15) is 0 Å². The van der Waals surface area contributed by atoms with Gasteiger partial charge in [0.05, 0.1) is 6.61 Å². The number of nitrogens with zero attached hydrogens (tertiary/aromatic N) is 2. The van der Waals surface area contributed by atoms with Gasteiger partial charge in [-0.25, -0.2) is 4.98 Å². The zero-order valence-electron chi connectivity index (χ0n) is 20.8. The van der Waals surface area contributed by atoms with Gasteiger partial charge >= 0.3 is 0 Å². The highest BCUT2D eigenvalue weighted by Gasteiger charge is 2.15. The summed E-state index contributed by atoms with van der Waals surface area (Å²) in [5.41, 5.74) is 12.1. The monoisotopic (exact) mass is 458 g/mol. The molecule has 3 N–H and O–H groups in total. The number of aromatic amines is 1. The van der Waals surface area contributed by atoms with E-state index < -0.39 is 0 Å². The molecule has 1 unspecified atom stereocenters. The number of H-pyrrole nitrogens is 1. The van der Waals surface area contributed by atoms with Crippen LogP contribution in [0.1, 0.15) is 58.1 Å². The number of nitrogens with one attached hydrogen (secondary N) is 1. The predicted molar refractivity (Wildman–Crippen MR) is 143 cm³/mol. The fourth-order valence-electron chi connectivity index (χ4n) is 4.67. The molecular formula is C29H38N4O. The second kappa shape index (κ2) is 11.5. The first-order chi connectivity index (χ1) is 16.6. The molecule has 2 aromatic heterocycles. The molecule has 2 heterocycles. The van der Waals surface area contributed by atoms with Crippen LogP contribution in [0.2, 0.25) is 0 Å². The third-order valence-corrected chi connectivity index (χ3v) is 6.76. The number of ether oxygens (including phenoxy) is 1. The van der Waals surface area contributed by atoms with E-state index in [-0.39, 0.29) is 6.04 Å². The van der Waals surface area contributed by atoms with Crippen molar-refractivity contribution in [3.05, 3.63) is 60.3 Å². The van der Waals surface area contributed by atoms with Crippen LogP contribution in [0.25, 0.3) is 33.1 Å². The average molecular weight is 459 g/mol. The van der Waals surface area contributed by atoms with E-state index in [1.807, 2.05) is 6.20 Å². The molecule has 0 bridgehead atoms. The zero-order chi connectivity index (χ0) is 23.9. The molecule has 2 aromatic carbocycles. The molecule has 0 fully saturated rings. The van der Waals surface area contributed by atoms with Gasteiger partial charge in [0.15, 0.2) is 0 Å². The molecule has 0 aliphatic rings. The lowest BCUT2D eigenvalue weighted by Gasteiger charge is -2.17. The van der Waals surface area contributed by atoms with E-state index in [1.54, 1.807) is 0 Å². The first-order valence-electron chi connectivity index (χ1n) is 12.8. The van der Waals surface area contributed by atoms with E-state index >= 15 is 0 Å². The Balaban J connectivity index is 1.53. The Bertz CT molecular complexity index is 1190. The summed E-state index contributed by atoms with van der Waals surface area (Å²) >= 11 is 0. The Morgan fingerprint density at radius 1 is 0.971 bits per heavy atom. The molecule has 0 spiro atoms. The Kier molecular flexibility index (Phi) is 8.20. The van der Waals surface area contributed by atoms with Crippen molar-refractivity contribution < 1.29 is 4.74 Å². The number of hydrogen-bond donors (Lipinski definition) is 2. The smallest absolute Gasteiger partial charge is 0.138 e. The number of pyridine rings is 1. The van der Waals surface area contributed by atoms with E-state index in [1.165, 1.54) is 22.1 Å². The van der Waals surface area contributed by atoms with Gasteiger partial charge in [0.2, 0.25) is 0 Å². The van der Waals surface area contributed by atoms with Crippen molar-refractivity contribution >= 4 is 21.9 Å². The second-order valence-electron chi connectivity index (χ2n) is 9.01. The summed E-state index contributed by atoms with van der Waals surface area (Å²) in [6.45, 7) is 10.6. The SMILES string of the molecule is CCCCC(N)c1ccnc2[nH]c3ccc(-c4ccc(OCCCN(CC)CC)cc4)cc3c12. The Labute approximate surface area is 203 Å². The first-order valence-corrected chi connectivity index (χ1v) is 12.8. The maximum absolute atomic E-state index is 6.59. The van der Waals surface area contributed by atoms with Crippen LogP contribution in [0.4, 0.5) is 0 Å². The van der Waals surface area contributed by atoms with Crippen molar-refractivity contribution in [3.63, 3.8) is 0 Å². The number of benzene rings is 2. The van der Waals surface area contributed by atoms with Crippen molar-refractivity contribution in [1.82, 2.24) is 14.9 Å². The van der Waals surface area contributed by atoms with Gasteiger partial charge in [-0.3, -0.25) is 0 Å². The summed E-state index contributed by atoms with van der Waals surface area (Å²) in [5, 5.41) is 2.33. The van der Waals surface area contributed by atoms with Gasteiger partial charge in [-0.2, -0.15) is 0 Å². The predicted octanol–water partition coefficient (Wildman–Crippen LogP) is 6.68. The van der Waals surface area contributed by atoms with Gasteiger partial charge in [-0.1, -0.05) is 51.8 Å². The van der Waals surface area contributed by atoms with Crippen LogP contribution in [-0.4, -0.2) is 41.1 Å². The summed E-state index contributed by atoms with van der Waals surface area (Å²) in [5.74, 6) is 0.921. The first kappa shape index (κ1) is 24.2. The normalized spacial score (nSPS) is 12.6. The van der Waals surface area contributed by atoms with Gasteiger partial charge in [-0.15, -0.1) is 0 Å². The summed E-state index contributed by atoms with van der Waals surface area (Å²) < 4.78 is 5.97. The highest BCUT2D eigenvalue weighted by molar-refractivity contribution is 6.09. The van der Waals surface area contributed by atoms with Crippen molar-refractivity contribution in [3.8, 4) is 16.9 Å². The molecule has 5 nitrogen and oxygen atoms in total. The highest BCUT2D eigenvalue weighted by Crippen LogP contribution is 2.34. The molecule has 1 atom stereocenters. The van der Waals surface area contributed by atoms with Crippen molar-refractivity contribution in [2.24, 2.45) is 5.73 Å². The maximum atomic E-state index is 6.59. The second-order valence-corrected chi connectivity index (χ2v) is 9.01. The molecule has 34 heavy (non-hydrogen) atoms. The zero-order valence-corrected chi connectivity index (χ0v) is 20.8. The molecule has 0 aliphatic heterocycles. The van der Waals surface area contributed by atoms with Crippen LogP contribution in [-0.2, 0) is 0 Å². The molecule has 0 saturated carbocycles. The van der Waals surface area contributed by atoms with Crippen molar-refractivity contribution in [1.29, 1.82) is 0 Å². The van der Waals surface area contributed by atoms with Crippen LogP contribution < -0.4 is 10.5 Å². The fraction of sp³-hybridized carbons (Fsp3) is 0.414. The highest BCUT2D eigenvalue weighted by atomic mass is 16.5. The summed E-state index contributed by atoms with van der Waals surface area (Å²) in [4.78, 5) is 10.5. The molecule has 0 amide bonds. The van der Waals surface area contributed by atoms with Gasteiger partial charge in [0, 0.05) is 35.1 Å². The Hall–Kier alpha value is -2.89. The van der Waals surface area contributed by atoms with Crippen molar-refractivity contribution in [2.45, 2.75) is 52.5 Å². The van der Waals surface area contributed by atoms with Gasteiger partial charge in [-0.05, 0) is 73.0 Å². The number of nitrogens with two attached hydrogens (primary N) is 1. The number of hydrogen-bond acceptors (Lipinski definition) is 4. The molecule has 180 valence electrons. The van der Waals surface area contributed by atoms with Crippen molar-refractivity contribution in [2.75, 3.05) is 26.2 Å². The third kappa shape index (κ3) is 5.43. The summed E-state index contributed by atoms with van der Waals surface area (Å²) in [6, 6.07) is 17.1. The van der Waals surface area contributed by atoms with Crippen LogP contribution in [0, 0.1) is 0 Å². The van der Waals surface area contributed by atoms with E-state index in [4.69, 9.17) is 10.5 Å². The fourth-order valence-corrected chi connectivity index (χ4v) is 4.67. The third-order valence-electron chi connectivity index (χ3n) is 6.76. The minimum Gasteiger partial charge on any atom is -0.494 e. The lowest BCUT2D eigenvalue weighted by atomic mass is 9.97. The number of unbranched alkanes of at least 4 members (excludes halogenated alkanes) is 1. The molecule has 5 heteroatoms. The minimum absolute atomic E-state index is 0.0197. The van der Waals surface area contributed by atoms with Crippen LogP contribution >= 0.6 is 0 Å². The molecule has 4 aromatic rings. The Morgan fingerprint density at radius 2 is 1.74 bits per heavy atom. The van der Waals surface area contributed by atoms with Gasteiger partial charge < -0.3 is 20.4 Å². The van der Waals surface area contributed by atoms with E-state index in [0.717, 1.165) is 74.2 Å².